The third kappa shape index (κ3) is 5.20. The molecule has 0 aliphatic carbocycles. The summed E-state index contributed by atoms with van der Waals surface area (Å²) in [5.41, 5.74) is 11.8. The van der Waals surface area contributed by atoms with Gasteiger partial charge in [0.2, 0.25) is 17.8 Å². The Morgan fingerprint density at radius 2 is 1.97 bits per heavy atom. The molecule has 1 amide bonds. The van der Waals surface area contributed by atoms with E-state index in [1.807, 2.05) is 67.6 Å². The van der Waals surface area contributed by atoms with E-state index in [4.69, 9.17) is 9.47 Å². The predicted octanol–water partition coefficient (Wildman–Crippen LogP) is 4.17. The maximum Gasteiger partial charge on any atom is 0.235 e. The highest BCUT2D eigenvalue weighted by Crippen LogP contribution is 2.33. The fourth-order valence-electron chi connectivity index (χ4n) is 2.82. The number of carbonyl (C=O) groups is 1. The van der Waals surface area contributed by atoms with Crippen molar-refractivity contribution in [3.05, 3.63) is 70.7 Å². The molecular weight excluding hydrogens is 414 g/mol. The van der Waals surface area contributed by atoms with Crippen LogP contribution in [0.3, 0.4) is 0 Å². The van der Waals surface area contributed by atoms with Crippen LogP contribution in [0.1, 0.15) is 23.1 Å². The van der Waals surface area contributed by atoms with Gasteiger partial charge in [-0.1, -0.05) is 41.7 Å². The number of aryl methyl sites for hydroxylation is 1. The van der Waals surface area contributed by atoms with Crippen molar-refractivity contribution in [1.82, 2.24) is 10.4 Å². The maximum absolute atomic E-state index is 11.2. The minimum absolute atomic E-state index is 0.197. The quantitative estimate of drug-likeness (QED) is 0.381. The standard InChI is InChI=1S/C22H21N5O3S/c1-14-21(31-22(23-14)27-24-15(2)28)18(26-25-17-6-4-3-5-7-17)10-8-16-9-11-19-20(12-16)30-13-29-19/h3-12,25H,13H2,1-2H3,(H,23,27)(H,24,28)/b10-8-,26-18+. The second-order valence-electron chi connectivity index (χ2n) is 6.66. The van der Waals surface area contributed by atoms with E-state index in [0.717, 1.165) is 33.3 Å². The molecule has 2 heterocycles. The molecule has 0 unspecified atom stereocenters. The average molecular weight is 436 g/mol. The fourth-order valence-corrected chi connectivity index (χ4v) is 3.71. The van der Waals surface area contributed by atoms with E-state index in [1.165, 1.54) is 18.3 Å². The number of fused-ring (bicyclic) bond motifs is 1. The lowest BCUT2D eigenvalue weighted by Gasteiger charge is -2.04. The monoisotopic (exact) mass is 435 g/mol. The molecule has 3 aromatic rings. The summed E-state index contributed by atoms with van der Waals surface area (Å²) < 4.78 is 10.8. The van der Waals surface area contributed by atoms with E-state index in [1.54, 1.807) is 0 Å². The van der Waals surface area contributed by atoms with Crippen LogP contribution in [0, 0.1) is 6.92 Å². The number of carbonyl (C=O) groups excluding carboxylic acids is 1. The van der Waals surface area contributed by atoms with Crippen LogP contribution in [-0.2, 0) is 4.79 Å². The normalized spacial score (nSPS) is 12.8. The largest absolute Gasteiger partial charge is 0.454 e. The Hall–Kier alpha value is -3.85. The second kappa shape index (κ2) is 9.31. The summed E-state index contributed by atoms with van der Waals surface area (Å²) in [7, 11) is 0. The highest BCUT2D eigenvalue weighted by atomic mass is 32.1. The minimum Gasteiger partial charge on any atom is -0.454 e. The first-order valence-electron chi connectivity index (χ1n) is 9.55. The second-order valence-corrected chi connectivity index (χ2v) is 7.66. The number of anilines is 2. The fraction of sp³-hybridized carbons (Fsp3) is 0.136. The van der Waals surface area contributed by atoms with E-state index >= 15 is 0 Å². The number of hydrazone groups is 1. The number of benzene rings is 2. The van der Waals surface area contributed by atoms with Crippen molar-refractivity contribution in [2.24, 2.45) is 5.10 Å². The highest BCUT2D eigenvalue weighted by Gasteiger charge is 2.14. The molecule has 0 atom stereocenters. The Balaban J connectivity index is 1.62. The molecule has 31 heavy (non-hydrogen) atoms. The molecule has 1 aliphatic rings. The number of hydrogen-bond acceptors (Lipinski definition) is 8. The molecule has 0 spiro atoms. The number of para-hydroxylation sites is 1. The van der Waals surface area contributed by atoms with Gasteiger partial charge in [0.1, 0.15) is 5.71 Å². The van der Waals surface area contributed by atoms with E-state index < -0.39 is 0 Å². The summed E-state index contributed by atoms with van der Waals surface area (Å²) >= 11 is 1.40. The summed E-state index contributed by atoms with van der Waals surface area (Å²) in [4.78, 5) is 16.5. The maximum atomic E-state index is 11.2. The number of amides is 1. The van der Waals surface area contributed by atoms with Gasteiger partial charge in [-0.2, -0.15) is 5.10 Å². The minimum atomic E-state index is -0.197. The van der Waals surface area contributed by atoms with Crippen molar-refractivity contribution >= 4 is 39.9 Å². The van der Waals surface area contributed by atoms with E-state index in [0.29, 0.717) is 10.8 Å². The van der Waals surface area contributed by atoms with Gasteiger partial charge in [0.05, 0.1) is 16.3 Å². The third-order valence-electron chi connectivity index (χ3n) is 4.28. The van der Waals surface area contributed by atoms with Crippen LogP contribution in [0.5, 0.6) is 11.5 Å². The van der Waals surface area contributed by atoms with E-state index in [2.05, 4.69) is 26.4 Å². The molecule has 0 bridgehead atoms. The topological polar surface area (TPSA) is 96.9 Å². The first kappa shape index (κ1) is 20.4. The SMILES string of the molecule is CC(=O)NNc1nc(C)c(C(/C=C\c2ccc3c(c2)OCO3)=N/Nc2ccccc2)s1. The average Bonchev–Trinajstić information content (AvgIpc) is 3.39. The summed E-state index contributed by atoms with van der Waals surface area (Å²) in [6, 6.07) is 15.5. The van der Waals surface area contributed by atoms with Crippen LogP contribution in [0.4, 0.5) is 10.8 Å². The summed E-state index contributed by atoms with van der Waals surface area (Å²) in [5, 5.41) is 5.18. The number of hydrazine groups is 1. The van der Waals surface area contributed by atoms with Crippen LogP contribution >= 0.6 is 11.3 Å². The van der Waals surface area contributed by atoms with Gasteiger partial charge in [-0.25, -0.2) is 4.98 Å². The Labute approximate surface area is 183 Å². The molecule has 9 heteroatoms. The zero-order chi connectivity index (χ0) is 21.6. The molecule has 2 aromatic carbocycles. The molecule has 0 radical (unpaired) electrons. The molecule has 158 valence electrons. The van der Waals surface area contributed by atoms with Crippen LogP contribution in [-0.4, -0.2) is 23.4 Å². The molecule has 4 rings (SSSR count). The zero-order valence-corrected chi connectivity index (χ0v) is 17.8. The van der Waals surface area contributed by atoms with Gasteiger partial charge in [-0.05, 0) is 42.8 Å². The first-order valence-corrected chi connectivity index (χ1v) is 10.4. The van der Waals surface area contributed by atoms with Crippen LogP contribution in [0.2, 0.25) is 0 Å². The van der Waals surface area contributed by atoms with Gasteiger partial charge in [-0.15, -0.1) is 0 Å². The van der Waals surface area contributed by atoms with Gasteiger partial charge in [-0.3, -0.25) is 21.1 Å². The predicted molar refractivity (Wildman–Crippen MR) is 122 cm³/mol. The number of nitrogens with one attached hydrogen (secondary N) is 3. The Kier molecular flexibility index (Phi) is 6.13. The lowest BCUT2D eigenvalue weighted by molar-refractivity contribution is -0.118. The van der Waals surface area contributed by atoms with Gasteiger partial charge in [0, 0.05) is 6.92 Å². The van der Waals surface area contributed by atoms with E-state index in [-0.39, 0.29) is 12.7 Å². The van der Waals surface area contributed by atoms with Crippen molar-refractivity contribution in [1.29, 1.82) is 0 Å². The number of hydrogen-bond donors (Lipinski definition) is 3. The van der Waals surface area contributed by atoms with Crippen molar-refractivity contribution in [3.8, 4) is 11.5 Å². The summed E-state index contributed by atoms with van der Waals surface area (Å²) in [6.07, 6.45) is 3.86. The number of thiazole rings is 1. The van der Waals surface area contributed by atoms with Crippen LogP contribution in [0.25, 0.3) is 6.08 Å². The first-order chi connectivity index (χ1) is 15.1. The number of allylic oxidation sites excluding steroid dienone is 1. The molecule has 0 saturated heterocycles. The van der Waals surface area contributed by atoms with Gasteiger partial charge in [0.25, 0.3) is 0 Å². The Morgan fingerprint density at radius 1 is 1.16 bits per heavy atom. The van der Waals surface area contributed by atoms with Crippen molar-refractivity contribution in [2.75, 3.05) is 17.6 Å². The summed E-state index contributed by atoms with van der Waals surface area (Å²) in [5.74, 6) is 1.26. The molecule has 8 nitrogen and oxygen atoms in total. The lowest BCUT2D eigenvalue weighted by Crippen LogP contribution is -2.26. The van der Waals surface area contributed by atoms with Crippen molar-refractivity contribution in [3.63, 3.8) is 0 Å². The zero-order valence-electron chi connectivity index (χ0n) is 17.0. The summed E-state index contributed by atoms with van der Waals surface area (Å²) in [6.45, 7) is 3.57. The molecule has 3 N–H and O–H groups in total. The number of ether oxygens (including phenoxy) is 2. The number of nitrogens with zero attached hydrogens (tertiary/aromatic N) is 2. The van der Waals surface area contributed by atoms with E-state index in [9.17, 15) is 4.79 Å². The van der Waals surface area contributed by atoms with Crippen molar-refractivity contribution < 1.29 is 14.3 Å². The smallest absolute Gasteiger partial charge is 0.235 e. The lowest BCUT2D eigenvalue weighted by atomic mass is 10.1. The molecule has 1 aliphatic heterocycles. The van der Waals surface area contributed by atoms with Gasteiger partial charge < -0.3 is 9.47 Å². The third-order valence-corrected chi connectivity index (χ3v) is 5.38. The molecule has 0 saturated carbocycles. The number of rotatable bonds is 7. The van der Waals surface area contributed by atoms with Gasteiger partial charge >= 0.3 is 0 Å². The Morgan fingerprint density at radius 3 is 2.77 bits per heavy atom. The Bertz CT molecular complexity index is 1140. The number of aromatic nitrogens is 1. The molecular formula is C22H21N5O3S. The highest BCUT2D eigenvalue weighted by molar-refractivity contribution is 7.17. The molecule has 0 fully saturated rings. The van der Waals surface area contributed by atoms with Crippen LogP contribution < -0.4 is 25.8 Å². The van der Waals surface area contributed by atoms with Crippen LogP contribution in [0.15, 0.2) is 59.7 Å². The van der Waals surface area contributed by atoms with Crippen molar-refractivity contribution in [2.45, 2.75) is 13.8 Å². The van der Waals surface area contributed by atoms with Gasteiger partial charge in [0.15, 0.2) is 11.5 Å². The molecule has 1 aromatic heterocycles.